The van der Waals surface area contributed by atoms with E-state index in [2.05, 4.69) is 13.8 Å². The quantitative estimate of drug-likeness (QED) is 0.253. The summed E-state index contributed by atoms with van der Waals surface area (Å²) in [6.45, 7) is 4.99. The van der Waals surface area contributed by atoms with Gasteiger partial charge in [-0.05, 0) is 19.3 Å². The van der Waals surface area contributed by atoms with Crippen molar-refractivity contribution in [3.63, 3.8) is 0 Å². The lowest BCUT2D eigenvalue weighted by molar-refractivity contribution is -0.137. The predicted octanol–water partition coefficient (Wildman–Crippen LogP) is 5.42. The van der Waals surface area contributed by atoms with E-state index in [-0.39, 0.29) is 5.97 Å². The molecule has 2 heteroatoms. The second kappa shape index (κ2) is 15.3. The fourth-order valence-corrected chi connectivity index (χ4v) is 1.97. The second-order valence-electron chi connectivity index (χ2n) is 5.19. The van der Waals surface area contributed by atoms with Crippen LogP contribution in [0.3, 0.4) is 0 Å². The Balaban J connectivity index is 3.28. The molecule has 0 saturated heterocycles. The number of carbonyl (C=O) groups is 1. The number of rotatable bonds is 13. The fraction of sp³-hybridized carbons (Fsp3) is 0.824. The van der Waals surface area contributed by atoms with Crippen molar-refractivity contribution < 1.29 is 9.53 Å². The molecule has 0 aliphatic rings. The van der Waals surface area contributed by atoms with Crippen molar-refractivity contribution in [1.82, 2.24) is 0 Å². The van der Waals surface area contributed by atoms with Gasteiger partial charge >= 0.3 is 5.97 Å². The summed E-state index contributed by atoms with van der Waals surface area (Å²) in [5, 5.41) is 0. The standard InChI is InChI=1S/C17H32O2/c1-3-5-7-9-10-11-13-15-17(18)19-16-14-12-8-6-4-2/h13,15H,3-12,14,16H2,1-2H3. The van der Waals surface area contributed by atoms with E-state index in [1.807, 2.05) is 6.08 Å². The van der Waals surface area contributed by atoms with Gasteiger partial charge in [-0.1, -0.05) is 71.3 Å². The van der Waals surface area contributed by atoms with Gasteiger partial charge in [0.05, 0.1) is 6.61 Å². The van der Waals surface area contributed by atoms with Crippen LogP contribution in [0.5, 0.6) is 0 Å². The van der Waals surface area contributed by atoms with Gasteiger partial charge in [-0.3, -0.25) is 0 Å². The largest absolute Gasteiger partial charge is 0.463 e. The second-order valence-corrected chi connectivity index (χ2v) is 5.19. The molecular formula is C17H32O2. The van der Waals surface area contributed by atoms with Crippen LogP contribution in [0.25, 0.3) is 0 Å². The normalized spacial score (nSPS) is 11.1. The molecule has 0 aliphatic carbocycles. The Morgan fingerprint density at radius 2 is 1.42 bits per heavy atom. The van der Waals surface area contributed by atoms with Crippen LogP contribution >= 0.6 is 0 Å². The first-order valence-corrected chi connectivity index (χ1v) is 8.14. The molecule has 0 saturated carbocycles. The smallest absolute Gasteiger partial charge is 0.330 e. The van der Waals surface area contributed by atoms with Gasteiger partial charge in [-0.15, -0.1) is 0 Å². The predicted molar refractivity (Wildman–Crippen MR) is 82.2 cm³/mol. The number of carbonyl (C=O) groups excluding carboxylic acids is 1. The molecule has 0 aromatic heterocycles. The van der Waals surface area contributed by atoms with Crippen LogP contribution in [-0.2, 0) is 9.53 Å². The highest BCUT2D eigenvalue weighted by molar-refractivity contribution is 5.81. The molecule has 0 aromatic rings. The average molecular weight is 268 g/mol. The maximum atomic E-state index is 11.4. The zero-order chi connectivity index (χ0) is 14.2. The molecule has 0 spiro atoms. The fourth-order valence-electron chi connectivity index (χ4n) is 1.97. The molecule has 0 bridgehead atoms. The number of unbranched alkanes of at least 4 members (excludes halogenated alkanes) is 9. The van der Waals surface area contributed by atoms with Gasteiger partial charge in [-0.25, -0.2) is 4.79 Å². The van der Waals surface area contributed by atoms with Crippen LogP contribution in [0.15, 0.2) is 12.2 Å². The summed E-state index contributed by atoms with van der Waals surface area (Å²) >= 11 is 0. The minimum atomic E-state index is -0.177. The van der Waals surface area contributed by atoms with Crippen molar-refractivity contribution in [1.29, 1.82) is 0 Å². The molecule has 0 fully saturated rings. The number of hydrogen-bond acceptors (Lipinski definition) is 2. The van der Waals surface area contributed by atoms with E-state index in [0.717, 1.165) is 12.8 Å². The molecule has 19 heavy (non-hydrogen) atoms. The zero-order valence-electron chi connectivity index (χ0n) is 13.0. The SMILES string of the molecule is CCCCCCCC=CC(=O)OCCCCCCC. The van der Waals surface area contributed by atoms with E-state index >= 15 is 0 Å². The van der Waals surface area contributed by atoms with Gasteiger partial charge < -0.3 is 4.74 Å². The number of allylic oxidation sites excluding steroid dienone is 1. The van der Waals surface area contributed by atoms with Gasteiger partial charge in [-0.2, -0.15) is 0 Å². The molecule has 112 valence electrons. The Kier molecular flexibility index (Phi) is 14.6. The summed E-state index contributed by atoms with van der Waals surface area (Å²) in [4.78, 5) is 11.4. The lowest BCUT2D eigenvalue weighted by Gasteiger charge is -2.01. The van der Waals surface area contributed by atoms with E-state index in [4.69, 9.17) is 4.74 Å². The molecule has 0 radical (unpaired) electrons. The molecule has 0 atom stereocenters. The van der Waals surface area contributed by atoms with Gasteiger partial charge in [0, 0.05) is 6.08 Å². The van der Waals surface area contributed by atoms with Crippen molar-refractivity contribution >= 4 is 5.97 Å². The number of ether oxygens (including phenoxy) is 1. The highest BCUT2D eigenvalue weighted by Gasteiger charge is 1.96. The maximum absolute atomic E-state index is 11.4. The Labute approximate surface area is 119 Å². The zero-order valence-corrected chi connectivity index (χ0v) is 13.0. The van der Waals surface area contributed by atoms with Gasteiger partial charge in [0.25, 0.3) is 0 Å². The first-order valence-electron chi connectivity index (χ1n) is 8.14. The van der Waals surface area contributed by atoms with E-state index in [1.165, 1.54) is 57.8 Å². The van der Waals surface area contributed by atoms with Crippen molar-refractivity contribution in [2.24, 2.45) is 0 Å². The van der Waals surface area contributed by atoms with Crippen LogP contribution < -0.4 is 0 Å². The topological polar surface area (TPSA) is 26.3 Å². The summed E-state index contributed by atoms with van der Waals surface area (Å²) in [5.41, 5.74) is 0. The maximum Gasteiger partial charge on any atom is 0.330 e. The first-order chi connectivity index (χ1) is 9.31. The van der Waals surface area contributed by atoms with E-state index in [0.29, 0.717) is 6.61 Å². The molecule has 2 nitrogen and oxygen atoms in total. The summed E-state index contributed by atoms with van der Waals surface area (Å²) in [6.07, 6.45) is 16.8. The molecule has 0 aliphatic heterocycles. The van der Waals surface area contributed by atoms with Crippen LogP contribution in [-0.4, -0.2) is 12.6 Å². The molecule has 0 unspecified atom stereocenters. The molecule has 0 amide bonds. The lowest BCUT2D eigenvalue weighted by Crippen LogP contribution is -2.02. The Bertz CT molecular complexity index is 221. The van der Waals surface area contributed by atoms with Crippen LogP contribution in [0, 0.1) is 0 Å². The monoisotopic (exact) mass is 268 g/mol. The van der Waals surface area contributed by atoms with Crippen molar-refractivity contribution in [3.8, 4) is 0 Å². The highest BCUT2D eigenvalue weighted by Crippen LogP contribution is 2.05. The Hall–Kier alpha value is -0.790. The molecule has 0 rings (SSSR count). The lowest BCUT2D eigenvalue weighted by atomic mass is 10.1. The van der Waals surface area contributed by atoms with Gasteiger partial charge in [0.2, 0.25) is 0 Å². The number of hydrogen-bond donors (Lipinski definition) is 0. The molecule has 0 heterocycles. The van der Waals surface area contributed by atoms with Crippen molar-refractivity contribution in [2.45, 2.75) is 84.5 Å². The Morgan fingerprint density at radius 3 is 2.05 bits per heavy atom. The summed E-state index contributed by atoms with van der Waals surface area (Å²) in [7, 11) is 0. The average Bonchev–Trinajstić information content (AvgIpc) is 2.41. The number of esters is 1. The van der Waals surface area contributed by atoms with E-state index < -0.39 is 0 Å². The minimum Gasteiger partial charge on any atom is -0.463 e. The summed E-state index contributed by atoms with van der Waals surface area (Å²) < 4.78 is 5.14. The molecular weight excluding hydrogens is 236 g/mol. The Morgan fingerprint density at radius 1 is 0.842 bits per heavy atom. The minimum absolute atomic E-state index is 0.177. The van der Waals surface area contributed by atoms with Crippen molar-refractivity contribution in [3.05, 3.63) is 12.2 Å². The highest BCUT2D eigenvalue weighted by atomic mass is 16.5. The summed E-state index contributed by atoms with van der Waals surface area (Å²) in [5.74, 6) is -0.177. The van der Waals surface area contributed by atoms with E-state index in [9.17, 15) is 4.79 Å². The van der Waals surface area contributed by atoms with Gasteiger partial charge in [0.1, 0.15) is 0 Å². The van der Waals surface area contributed by atoms with Crippen molar-refractivity contribution in [2.75, 3.05) is 6.61 Å². The third kappa shape index (κ3) is 15.2. The van der Waals surface area contributed by atoms with Crippen LogP contribution in [0.2, 0.25) is 0 Å². The first kappa shape index (κ1) is 18.2. The van der Waals surface area contributed by atoms with E-state index in [1.54, 1.807) is 6.08 Å². The summed E-state index contributed by atoms with van der Waals surface area (Å²) in [6, 6.07) is 0. The van der Waals surface area contributed by atoms with Crippen LogP contribution in [0.1, 0.15) is 84.5 Å². The molecule has 0 N–H and O–H groups in total. The molecule has 0 aromatic carbocycles. The van der Waals surface area contributed by atoms with Gasteiger partial charge in [0.15, 0.2) is 0 Å². The van der Waals surface area contributed by atoms with Crippen LogP contribution in [0.4, 0.5) is 0 Å². The third-order valence-corrected chi connectivity index (χ3v) is 3.22. The third-order valence-electron chi connectivity index (χ3n) is 3.22.